The quantitative estimate of drug-likeness (QED) is 0.892. The summed E-state index contributed by atoms with van der Waals surface area (Å²) in [6, 6.07) is 8.15. The largest absolute Gasteiger partial charge is 0.361 e. The molecule has 0 unspecified atom stereocenters. The highest BCUT2D eigenvalue weighted by Gasteiger charge is 2.21. The Balaban J connectivity index is 1.88. The number of nitrogens with zero attached hydrogens (tertiary/aromatic N) is 2. The predicted octanol–water partition coefficient (Wildman–Crippen LogP) is 3.24. The third kappa shape index (κ3) is 2.24. The number of likely N-dealkylation sites (tertiary alicyclic amines) is 1. The smallest absolute Gasteiger partial charge is 0.0992 e. The summed E-state index contributed by atoms with van der Waals surface area (Å²) in [6.45, 7) is 5.79. The number of benzene rings is 1. The van der Waals surface area contributed by atoms with E-state index in [1.54, 1.807) is 0 Å². The van der Waals surface area contributed by atoms with Crippen LogP contribution in [0.1, 0.15) is 36.8 Å². The molecule has 0 amide bonds. The molecule has 2 heterocycles. The normalized spacial score (nSPS) is 17.7. The van der Waals surface area contributed by atoms with Crippen molar-refractivity contribution in [3.8, 4) is 6.07 Å². The van der Waals surface area contributed by atoms with Crippen LogP contribution in [0.3, 0.4) is 0 Å². The van der Waals surface area contributed by atoms with Gasteiger partial charge in [-0.3, -0.25) is 0 Å². The maximum absolute atomic E-state index is 8.94. The van der Waals surface area contributed by atoms with Crippen LogP contribution < -0.4 is 0 Å². The summed E-state index contributed by atoms with van der Waals surface area (Å²) in [5.74, 6) is 0.657. The van der Waals surface area contributed by atoms with E-state index in [1.807, 2.05) is 12.1 Å². The molecule has 0 aliphatic carbocycles. The molecule has 3 rings (SSSR count). The summed E-state index contributed by atoms with van der Waals surface area (Å²) in [5.41, 5.74) is 3.24. The van der Waals surface area contributed by atoms with Gasteiger partial charge in [-0.2, -0.15) is 5.26 Å². The minimum Gasteiger partial charge on any atom is -0.361 e. The third-order valence-electron chi connectivity index (χ3n) is 4.32. The van der Waals surface area contributed by atoms with Crippen LogP contribution >= 0.6 is 0 Å². The summed E-state index contributed by atoms with van der Waals surface area (Å²) in [4.78, 5) is 5.83. The highest BCUT2D eigenvalue weighted by Crippen LogP contribution is 2.33. The second-order valence-corrected chi connectivity index (χ2v) is 5.32. The minimum atomic E-state index is 0.657. The van der Waals surface area contributed by atoms with Crippen LogP contribution in [0.25, 0.3) is 10.9 Å². The van der Waals surface area contributed by atoms with E-state index in [1.165, 1.54) is 36.9 Å². The third-order valence-corrected chi connectivity index (χ3v) is 4.32. The Hall–Kier alpha value is -1.79. The molecule has 0 radical (unpaired) electrons. The number of aromatic amines is 1. The average Bonchev–Trinajstić information content (AvgIpc) is 2.90. The molecule has 98 valence electrons. The first-order valence-electron chi connectivity index (χ1n) is 7.05. The monoisotopic (exact) mass is 253 g/mol. The molecule has 19 heavy (non-hydrogen) atoms. The molecule has 1 saturated heterocycles. The van der Waals surface area contributed by atoms with Gasteiger partial charge in [0.05, 0.1) is 11.6 Å². The van der Waals surface area contributed by atoms with Crippen molar-refractivity contribution in [3.05, 3.63) is 35.5 Å². The number of hydrogen-bond donors (Lipinski definition) is 1. The number of hydrogen-bond acceptors (Lipinski definition) is 2. The van der Waals surface area contributed by atoms with E-state index in [0.29, 0.717) is 5.92 Å². The number of aromatic nitrogens is 1. The van der Waals surface area contributed by atoms with Crippen LogP contribution in [0.2, 0.25) is 0 Å². The molecule has 1 aromatic heterocycles. The fraction of sp³-hybridized carbons (Fsp3) is 0.438. The number of fused-ring (bicyclic) bond motifs is 1. The van der Waals surface area contributed by atoms with Gasteiger partial charge in [0.2, 0.25) is 0 Å². The van der Waals surface area contributed by atoms with Crippen molar-refractivity contribution in [2.45, 2.75) is 25.7 Å². The second-order valence-electron chi connectivity index (χ2n) is 5.32. The van der Waals surface area contributed by atoms with E-state index in [-0.39, 0.29) is 0 Å². The SMILES string of the molecule is CCN1CCC(c2c[nH]c3cc(C#N)ccc23)CC1. The molecule has 1 aliphatic rings. The molecule has 0 bridgehead atoms. The van der Waals surface area contributed by atoms with Crippen LogP contribution in [0, 0.1) is 11.3 Å². The average molecular weight is 253 g/mol. The van der Waals surface area contributed by atoms with Crippen LogP contribution in [-0.4, -0.2) is 29.5 Å². The van der Waals surface area contributed by atoms with Gasteiger partial charge in [0.1, 0.15) is 0 Å². The first kappa shape index (κ1) is 12.3. The fourth-order valence-electron chi connectivity index (χ4n) is 3.12. The molecule has 1 aromatic carbocycles. The highest BCUT2D eigenvalue weighted by molar-refractivity contribution is 5.84. The lowest BCUT2D eigenvalue weighted by Gasteiger charge is -2.30. The number of H-pyrrole nitrogens is 1. The van der Waals surface area contributed by atoms with Gasteiger partial charge in [-0.05, 0) is 56.1 Å². The molecule has 1 fully saturated rings. The van der Waals surface area contributed by atoms with E-state index in [2.05, 4.69) is 35.1 Å². The zero-order valence-electron chi connectivity index (χ0n) is 11.3. The topological polar surface area (TPSA) is 42.8 Å². The van der Waals surface area contributed by atoms with Crippen molar-refractivity contribution >= 4 is 10.9 Å². The summed E-state index contributed by atoms with van der Waals surface area (Å²) in [5, 5.41) is 10.2. The predicted molar refractivity (Wildman–Crippen MR) is 77.1 cm³/mol. The van der Waals surface area contributed by atoms with E-state index in [9.17, 15) is 0 Å². The number of rotatable bonds is 2. The molecule has 3 nitrogen and oxygen atoms in total. The van der Waals surface area contributed by atoms with Crippen molar-refractivity contribution in [1.29, 1.82) is 5.26 Å². The first-order valence-corrected chi connectivity index (χ1v) is 7.05. The molecular formula is C16H19N3. The van der Waals surface area contributed by atoms with Crippen LogP contribution in [0.15, 0.2) is 24.4 Å². The molecule has 0 atom stereocenters. The Morgan fingerprint density at radius 3 is 2.84 bits per heavy atom. The van der Waals surface area contributed by atoms with Crippen molar-refractivity contribution in [2.24, 2.45) is 0 Å². The van der Waals surface area contributed by atoms with Gasteiger partial charge in [-0.25, -0.2) is 0 Å². The summed E-state index contributed by atoms with van der Waals surface area (Å²) in [7, 11) is 0. The van der Waals surface area contributed by atoms with E-state index in [0.717, 1.165) is 17.6 Å². The van der Waals surface area contributed by atoms with E-state index in [4.69, 9.17) is 5.26 Å². The van der Waals surface area contributed by atoms with Crippen molar-refractivity contribution in [3.63, 3.8) is 0 Å². The lowest BCUT2D eigenvalue weighted by molar-refractivity contribution is 0.223. The summed E-state index contributed by atoms with van der Waals surface area (Å²) >= 11 is 0. The molecular weight excluding hydrogens is 234 g/mol. The van der Waals surface area contributed by atoms with Gasteiger partial charge in [-0.15, -0.1) is 0 Å². The Kier molecular flexibility index (Phi) is 3.27. The minimum absolute atomic E-state index is 0.657. The van der Waals surface area contributed by atoms with Gasteiger partial charge in [0.15, 0.2) is 0 Å². The van der Waals surface area contributed by atoms with Gasteiger partial charge in [0.25, 0.3) is 0 Å². The highest BCUT2D eigenvalue weighted by atomic mass is 15.1. The molecule has 0 saturated carbocycles. The van der Waals surface area contributed by atoms with Crippen molar-refractivity contribution in [2.75, 3.05) is 19.6 Å². The van der Waals surface area contributed by atoms with Crippen molar-refractivity contribution < 1.29 is 0 Å². The maximum Gasteiger partial charge on any atom is 0.0992 e. The van der Waals surface area contributed by atoms with Crippen molar-refractivity contribution in [1.82, 2.24) is 9.88 Å². The lowest BCUT2D eigenvalue weighted by Crippen LogP contribution is -2.32. The molecule has 1 aliphatic heterocycles. The standard InChI is InChI=1S/C16H19N3/c1-2-19-7-5-13(6-8-19)15-11-18-16-9-12(10-17)3-4-14(15)16/h3-4,9,11,13,18H,2,5-8H2,1H3. The molecule has 1 N–H and O–H groups in total. The summed E-state index contributed by atoms with van der Waals surface area (Å²) in [6.07, 6.45) is 4.61. The zero-order chi connectivity index (χ0) is 13.2. The maximum atomic E-state index is 8.94. The van der Waals surface area contributed by atoms with Gasteiger partial charge in [0, 0.05) is 17.1 Å². The Morgan fingerprint density at radius 1 is 1.37 bits per heavy atom. The van der Waals surface area contributed by atoms with Crippen LogP contribution in [-0.2, 0) is 0 Å². The Labute approximate surface area is 113 Å². The van der Waals surface area contributed by atoms with Gasteiger partial charge < -0.3 is 9.88 Å². The number of nitriles is 1. The molecule has 3 heteroatoms. The first-order chi connectivity index (χ1) is 9.31. The molecule has 0 spiro atoms. The van der Waals surface area contributed by atoms with Gasteiger partial charge in [-0.1, -0.05) is 13.0 Å². The lowest BCUT2D eigenvalue weighted by atomic mass is 9.89. The van der Waals surface area contributed by atoms with Crippen LogP contribution in [0.5, 0.6) is 0 Å². The van der Waals surface area contributed by atoms with E-state index < -0.39 is 0 Å². The number of piperidine rings is 1. The number of nitrogens with one attached hydrogen (secondary N) is 1. The molecule has 2 aromatic rings. The van der Waals surface area contributed by atoms with E-state index >= 15 is 0 Å². The fourth-order valence-corrected chi connectivity index (χ4v) is 3.12. The van der Waals surface area contributed by atoms with Crippen LogP contribution in [0.4, 0.5) is 0 Å². The summed E-state index contributed by atoms with van der Waals surface area (Å²) < 4.78 is 0. The Morgan fingerprint density at radius 2 is 2.16 bits per heavy atom. The Bertz CT molecular complexity index is 612. The van der Waals surface area contributed by atoms with Gasteiger partial charge >= 0.3 is 0 Å². The zero-order valence-corrected chi connectivity index (χ0v) is 11.3. The second kappa shape index (κ2) is 5.07.